The van der Waals surface area contributed by atoms with E-state index >= 15 is 0 Å². The maximum absolute atomic E-state index is 11.9. The maximum Gasteiger partial charge on any atom is 0.407 e. The van der Waals surface area contributed by atoms with Crippen LogP contribution in [0.4, 0.5) is 4.79 Å². The molecule has 2 N–H and O–H groups in total. The van der Waals surface area contributed by atoms with Crippen LogP contribution in [0.25, 0.3) is 0 Å². The highest BCUT2D eigenvalue weighted by Gasteiger charge is 2.20. The monoisotopic (exact) mass is 349 g/mol. The van der Waals surface area contributed by atoms with Crippen molar-refractivity contribution in [3.8, 4) is 0 Å². The summed E-state index contributed by atoms with van der Waals surface area (Å²) in [4.78, 5) is 11.9. The molecule has 128 valence electrons. The number of carbonyl (C=O) groups excluding carboxylic acids is 1. The molecule has 0 aliphatic heterocycles. The van der Waals surface area contributed by atoms with Crippen LogP contribution in [0.2, 0.25) is 0 Å². The van der Waals surface area contributed by atoms with Gasteiger partial charge in [-0.25, -0.2) is 4.79 Å². The SMILES string of the molecule is O=C(N[C@@H](Cc1ccccc1)CS(=O)(=O)O)OCc1ccccc1. The summed E-state index contributed by atoms with van der Waals surface area (Å²) in [6.45, 7) is 0.0800. The minimum atomic E-state index is -4.23. The average molecular weight is 349 g/mol. The molecule has 2 rings (SSSR count). The highest BCUT2D eigenvalue weighted by atomic mass is 32.2. The van der Waals surface area contributed by atoms with Gasteiger partial charge in [0.15, 0.2) is 0 Å². The van der Waals surface area contributed by atoms with Crippen LogP contribution >= 0.6 is 0 Å². The summed E-state index contributed by atoms with van der Waals surface area (Å²) in [7, 11) is -4.23. The second-order valence-electron chi connectivity index (χ2n) is 5.34. The Hall–Kier alpha value is -2.38. The van der Waals surface area contributed by atoms with Crippen LogP contribution in [0.3, 0.4) is 0 Å². The van der Waals surface area contributed by atoms with Crippen molar-refractivity contribution in [1.29, 1.82) is 0 Å². The summed E-state index contributed by atoms with van der Waals surface area (Å²) in [6, 6.07) is 17.4. The first kappa shape index (κ1) is 18.0. The van der Waals surface area contributed by atoms with E-state index in [4.69, 9.17) is 9.29 Å². The van der Waals surface area contributed by atoms with Gasteiger partial charge in [0.05, 0.1) is 11.8 Å². The van der Waals surface area contributed by atoms with Crippen LogP contribution < -0.4 is 5.32 Å². The van der Waals surface area contributed by atoms with Gasteiger partial charge in [-0.15, -0.1) is 0 Å². The lowest BCUT2D eigenvalue weighted by atomic mass is 10.1. The molecule has 0 heterocycles. The number of benzene rings is 2. The lowest BCUT2D eigenvalue weighted by molar-refractivity contribution is 0.136. The molecular weight excluding hydrogens is 330 g/mol. The minimum Gasteiger partial charge on any atom is -0.445 e. The molecule has 0 fully saturated rings. The molecule has 0 unspecified atom stereocenters. The standard InChI is InChI=1S/C17H19NO5S/c19-17(23-12-15-9-5-2-6-10-15)18-16(13-24(20,21)22)11-14-7-3-1-4-8-14/h1-10,16H,11-13H2,(H,18,19)(H,20,21,22)/t16-/m0/s1. The zero-order valence-corrected chi connectivity index (χ0v) is 13.8. The van der Waals surface area contributed by atoms with Gasteiger partial charge in [-0.05, 0) is 17.5 Å². The van der Waals surface area contributed by atoms with Crippen LogP contribution in [0, 0.1) is 0 Å². The fourth-order valence-corrected chi connectivity index (χ4v) is 2.95. The van der Waals surface area contributed by atoms with E-state index in [1.165, 1.54) is 0 Å². The van der Waals surface area contributed by atoms with Gasteiger partial charge >= 0.3 is 6.09 Å². The Bertz CT molecular complexity index is 747. The summed E-state index contributed by atoms with van der Waals surface area (Å²) < 4.78 is 36.5. The van der Waals surface area contributed by atoms with Crippen molar-refractivity contribution in [2.75, 3.05) is 5.75 Å². The van der Waals surface area contributed by atoms with Crippen LogP contribution in [0.5, 0.6) is 0 Å². The Morgan fingerprint density at radius 3 is 2.08 bits per heavy atom. The van der Waals surface area contributed by atoms with Crippen LogP contribution in [0.1, 0.15) is 11.1 Å². The number of carbonyl (C=O) groups is 1. The predicted molar refractivity (Wildman–Crippen MR) is 90.1 cm³/mol. The van der Waals surface area contributed by atoms with Crippen molar-refractivity contribution < 1.29 is 22.5 Å². The zero-order chi connectivity index (χ0) is 17.4. The lowest BCUT2D eigenvalue weighted by Crippen LogP contribution is -2.41. The fraction of sp³-hybridized carbons (Fsp3) is 0.235. The number of rotatable bonds is 7. The lowest BCUT2D eigenvalue weighted by Gasteiger charge is -2.17. The molecule has 6 nitrogen and oxygen atoms in total. The molecule has 2 aromatic carbocycles. The van der Waals surface area contributed by atoms with Gasteiger partial charge in [0.1, 0.15) is 6.61 Å². The van der Waals surface area contributed by atoms with Gasteiger partial charge in [0.2, 0.25) is 0 Å². The first-order valence-electron chi connectivity index (χ1n) is 7.39. The van der Waals surface area contributed by atoms with E-state index < -0.39 is 28.0 Å². The van der Waals surface area contributed by atoms with Crippen molar-refractivity contribution in [2.24, 2.45) is 0 Å². The smallest absolute Gasteiger partial charge is 0.407 e. The summed E-state index contributed by atoms with van der Waals surface area (Å²) in [5, 5.41) is 2.49. The Labute approximate surface area is 141 Å². The van der Waals surface area contributed by atoms with E-state index in [1.807, 2.05) is 60.7 Å². The molecule has 0 bridgehead atoms. The van der Waals surface area contributed by atoms with Gasteiger partial charge in [-0.1, -0.05) is 60.7 Å². The van der Waals surface area contributed by atoms with Gasteiger partial charge < -0.3 is 10.1 Å². The molecule has 7 heteroatoms. The van der Waals surface area contributed by atoms with Crippen LogP contribution in [-0.2, 0) is 27.9 Å². The van der Waals surface area contributed by atoms with E-state index in [0.717, 1.165) is 11.1 Å². The van der Waals surface area contributed by atoms with E-state index in [0.29, 0.717) is 0 Å². The number of hydrogen-bond donors (Lipinski definition) is 2. The third kappa shape index (κ3) is 6.80. The fourth-order valence-electron chi connectivity index (χ4n) is 2.24. The van der Waals surface area contributed by atoms with Crippen molar-refractivity contribution in [3.05, 3.63) is 71.8 Å². The Morgan fingerprint density at radius 1 is 1.00 bits per heavy atom. The maximum atomic E-state index is 11.9. The van der Waals surface area contributed by atoms with E-state index in [-0.39, 0.29) is 13.0 Å². The second kappa shape index (κ2) is 8.47. The normalized spacial score (nSPS) is 12.4. The molecule has 0 saturated carbocycles. The topological polar surface area (TPSA) is 92.7 Å². The van der Waals surface area contributed by atoms with Crippen LogP contribution in [-0.4, -0.2) is 30.9 Å². The summed E-state index contributed by atoms with van der Waals surface area (Å²) >= 11 is 0. The van der Waals surface area contributed by atoms with E-state index in [9.17, 15) is 13.2 Å². The largest absolute Gasteiger partial charge is 0.445 e. The van der Waals surface area contributed by atoms with E-state index in [1.54, 1.807) is 0 Å². The summed E-state index contributed by atoms with van der Waals surface area (Å²) in [5.41, 5.74) is 1.66. The molecule has 0 spiro atoms. The molecule has 24 heavy (non-hydrogen) atoms. The van der Waals surface area contributed by atoms with Gasteiger partial charge in [0, 0.05) is 0 Å². The number of amides is 1. The number of alkyl carbamates (subject to hydrolysis) is 1. The summed E-state index contributed by atoms with van der Waals surface area (Å²) in [5.74, 6) is -0.581. The average Bonchev–Trinajstić information content (AvgIpc) is 2.53. The van der Waals surface area contributed by atoms with Crippen molar-refractivity contribution >= 4 is 16.2 Å². The molecule has 0 aliphatic rings. The first-order chi connectivity index (χ1) is 11.4. The van der Waals surface area contributed by atoms with Gasteiger partial charge in [-0.2, -0.15) is 8.42 Å². The predicted octanol–water partition coefficient (Wildman–Crippen LogP) is 2.41. The molecule has 0 radical (unpaired) electrons. The van der Waals surface area contributed by atoms with Gasteiger partial charge in [0.25, 0.3) is 10.1 Å². The molecule has 1 atom stereocenters. The zero-order valence-electron chi connectivity index (χ0n) is 13.0. The highest BCUT2D eigenvalue weighted by molar-refractivity contribution is 7.85. The van der Waals surface area contributed by atoms with Crippen LogP contribution in [0.15, 0.2) is 60.7 Å². The number of nitrogens with one attached hydrogen (secondary N) is 1. The Kier molecular flexibility index (Phi) is 6.34. The van der Waals surface area contributed by atoms with E-state index in [2.05, 4.69) is 5.32 Å². The summed E-state index contributed by atoms with van der Waals surface area (Å²) in [6.07, 6.45) is -0.468. The first-order valence-corrected chi connectivity index (χ1v) is 8.99. The molecule has 1 amide bonds. The molecule has 2 aromatic rings. The highest BCUT2D eigenvalue weighted by Crippen LogP contribution is 2.06. The molecule has 0 aromatic heterocycles. The Balaban J connectivity index is 1.95. The van der Waals surface area contributed by atoms with Gasteiger partial charge in [-0.3, -0.25) is 4.55 Å². The second-order valence-corrected chi connectivity index (χ2v) is 6.84. The Morgan fingerprint density at radius 2 is 1.54 bits per heavy atom. The third-order valence-electron chi connectivity index (χ3n) is 3.27. The third-order valence-corrected chi connectivity index (χ3v) is 4.10. The molecule has 0 aliphatic carbocycles. The van der Waals surface area contributed by atoms with Crippen molar-refractivity contribution in [3.63, 3.8) is 0 Å². The number of hydrogen-bond acceptors (Lipinski definition) is 4. The number of ether oxygens (including phenoxy) is 1. The molecular formula is C17H19NO5S. The molecule has 0 saturated heterocycles. The van der Waals surface area contributed by atoms with Crippen molar-refractivity contribution in [2.45, 2.75) is 19.1 Å². The minimum absolute atomic E-state index is 0.0800. The van der Waals surface area contributed by atoms with Crippen molar-refractivity contribution in [1.82, 2.24) is 5.32 Å². The quantitative estimate of drug-likeness (QED) is 0.749.